The monoisotopic (exact) mass is 72.0 g/mol. The Morgan fingerprint density at radius 2 is 2.20 bits per heavy atom. The Hall–Kier alpha value is -0.510. The molecule has 0 aliphatic rings. The van der Waals surface area contributed by atoms with Crippen LogP contribution in [0.15, 0.2) is 0 Å². The third-order valence-corrected chi connectivity index (χ3v) is 0.230. The summed E-state index contributed by atoms with van der Waals surface area (Å²) in [6.07, 6.45) is 3.46. The molecule has 0 spiro atoms. The van der Waals surface area contributed by atoms with E-state index in [0.29, 0.717) is 0 Å². The molecule has 0 aliphatic carbocycles. The number of halogens is 1. The van der Waals surface area contributed by atoms with Crippen LogP contribution in [0.4, 0.5) is 4.39 Å². The van der Waals surface area contributed by atoms with E-state index in [1.54, 1.807) is 0 Å². The summed E-state index contributed by atoms with van der Waals surface area (Å²) >= 11 is 0. The minimum atomic E-state index is -1.09. The molecule has 0 amide bonds. The van der Waals surface area contributed by atoms with Gasteiger partial charge < -0.3 is 0 Å². The number of alkyl halides is 1. The van der Waals surface area contributed by atoms with Gasteiger partial charge >= 0.3 is 0 Å². The van der Waals surface area contributed by atoms with Gasteiger partial charge in [0.25, 0.3) is 0 Å². The van der Waals surface area contributed by atoms with Gasteiger partial charge in [-0.25, -0.2) is 4.39 Å². The molecule has 0 aromatic heterocycles. The van der Waals surface area contributed by atoms with E-state index < -0.39 is 6.17 Å². The van der Waals surface area contributed by atoms with Crippen molar-refractivity contribution in [3.63, 3.8) is 0 Å². The van der Waals surface area contributed by atoms with Crippen molar-refractivity contribution in [3.8, 4) is 12.3 Å². The zero-order chi connectivity index (χ0) is 4.28. The van der Waals surface area contributed by atoms with E-state index in [0.717, 1.165) is 0 Å². The van der Waals surface area contributed by atoms with Crippen LogP contribution in [-0.2, 0) is 0 Å². The van der Waals surface area contributed by atoms with Gasteiger partial charge in [0.05, 0.1) is 0 Å². The zero-order valence-electron chi connectivity index (χ0n) is 3.03. The maximum absolute atomic E-state index is 11.2. The predicted molar refractivity (Wildman–Crippen MR) is 19.4 cm³/mol. The topological polar surface area (TPSA) is 0 Å². The van der Waals surface area contributed by atoms with Crippen LogP contribution in [0.1, 0.15) is 6.92 Å². The van der Waals surface area contributed by atoms with Crippen molar-refractivity contribution in [1.29, 1.82) is 0 Å². The third kappa shape index (κ3) is 3.49. The summed E-state index contributed by atoms with van der Waals surface area (Å²) in [4.78, 5) is 0. The summed E-state index contributed by atoms with van der Waals surface area (Å²) in [5.74, 6) is 1.86. The molecule has 0 radical (unpaired) electrons. The molecule has 0 bridgehead atoms. The first kappa shape index (κ1) is 4.49. The van der Waals surface area contributed by atoms with Gasteiger partial charge in [-0.15, -0.1) is 6.42 Å². The minimum absolute atomic E-state index is 1.09. The molecule has 0 nitrogen and oxygen atoms in total. The fourth-order valence-corrected chi connectivity index (χ4v) is 0. The lowest BCUT2D eigenvalue weighted by atomic mass is 10.5. The predicted octanol–water partition coefficient (Wildman–Crippen LogP) is 0.978. The van der Waals surface area contributed by atoms with Gasteiger partial charge in [-0.2, -0.15) is 0 Å². The minimum Gasteiger partial charge on any atom is -0.234 e. The third-order valence-electron chi connectivity index (χ3n) is 0.230. The van der Waals surface area contributed by atoms with E-state index in [2.05, 4.69) is 6.42 Å². The van der Waals surface area contributed by atoms with Crippen LogP contribution in [0, 0.1) is 12.3 Å². The van der Waals surface area contributed by atoms with Gasteiger partial charge in [-0.1, -0.05) is 5.92 Å². The molecule has 0 saturated carbocycles. The van der Waals surface area contributed by atoms with Crippen molar-refractivity contribution in [2.45, 2.75) is 13.1 Å². The van der Waals surface area contributed by atoms with Crippen LogP contribution in [-0.4, -0.2) is 6.17 Å². The zero-order valence-corrected chi connectivity index (χ0v) is 3.03. The van der Waals surface area contributed by atoms with E-state index >= 15 is 0 Å². The highest BCUT2D eigenvalue weighted by Crippen LogP contribution is 1.78. The summed E-state index contributed by atoms with van der Waals surface area (Å²) < 4.78 is 11.2. The lowest BCUT2D eigenvalue weighted by Crippen LogP contribution is -1.79. The molecule has 5 heavy (non-hydrogen) atoms. The number of terminal acetylenes is 1. The van der Waals surface area contributed by atoms with E-state index in [9.17, 15) is 4.39 Å². The summed E-state index contributed by atoms with van der Waals surface area (Å²) in [6, 6.07) is 0. The first-order chi connectivity index (χ1) is 2.27. The van der Waals surface area contributed by atoms with Crippen molar-refractivity contribution in [2.75, 3.05) is 0 Å². The molecular formula is C4H5F. The van der Waals surface area contributed by atoms with E-state index in [1.165, 1.54) is 6.92 Å². The molecule has 28 valence electrons. The average molecular weight is 72.1 g/mol. The van der Waals surface area contributed by atoms with Crippen LogP contribution in [0.25, 0.3) is 0 Å². The molecule has 0 fully saturated rings. The highest BCUT2D eigenvalue weighted by atomic mass is 19.1. The molecular weight excluding hydrogens is 67.0 g/mol. The van der Waals surface area contributed by atoms with Crippen molar-refractivity contribution in [2.24, 2.45) is 0 Å². The van der Waals surface area contributed by atoms with E-state index in [-0.39, 0.29) is 0 Å². The molecule has 0 rings (SSSR count). The second kappa shape index (κ2) is 1.78. The largest absolute Gasteiger partial charge is 0.234 e. The van der Waals surface area contributed by atoms with Crippen LogP contribution < -0.4 is 0 Å². The molecule has 1 atom stereocenters. The fraction of sp³-hybridized carbons (Fsp3) is 0.500. The van der Waals surface area contributed by atoms with E-state index in [1.807, 2.05) is 5.92 Å². The second-order valence-corrected chi connectivity index (χ2v) is 0.783. The summed E-state index contributed by atoms with van der Waals surface area (Å²) in [5.41, 5.74) is 0. The highest BCUT2D eigenvalue weighted by molar-refractivity contribution is 4.90. The van der Waals surface area contributed by atoms with E-state index in [4.69, 9.17) is 0 Å². The van der Waals surface area contributed by atoms with Crippen molar-refractivity contribution < 1.29 is 4.39 Å². The van der Waals surface area contributed by atoms with Crippen molar-refractivity contribution in [3.05, 3.63) is 0 Å². The second-order valence-electron chi connectivity index (χ2n) is 0.783. The molecule has 0 N–H and O–H groups in total. The Balaban J connectivity index is 2.94. The number of hydrogen-bond acceptors (Lipinski definition) is 0. The molecule has 0 heterocycles. The number of rotatable bonds is 0. The maximum Gasteiger partial charge on any atom is 0.157 e. The van der Waals surface area contributed by atoms with Crippen LogP contribution >= 0.6 is 0 Å². The fourth-order valence-electron chi connectivity index (χ4n) is 0. The Bertz CT molecular complexity index is 49.2. The molecule has 0 aromatic carbocycles. The first-order valence-corrected chi connectivity index (χ1v) is 1.37. The van der Waals surface area contributed by atoms with Crippen LogP contribution in [0.2, 0.25) is 0 Å². The Morgan fingerprint density at radius 1 is 2.00 bits per heavy atom. The average Bonchev–Trinajstić information content (AvgIpc) is 1.38. The summed E-state index contributed by atoms with van der Waals surface area (Å²) in [5, 5.41) is 0. The quantitative estimate of drug-likeness (QED) is 0.374. The van der Waals surface area contributed by atoms with Gasteiger partial charge in [0.15, 0.2) is 6.17 Å². The summed E-state index contributed by atoms with van der Waals surface area (Å²) in [6.45, 7) is 1.32. The van der Waals surface area contributed by atoms with Crippen LogP contribution in [0.3, 0.4) is 0 Å². The highest BCUT2D eigenvalue weighted by Gasteiger charge is 1.79. The van der Waals surface area contributed by atoms with Crippen molar-refractivity contribution in [1.82, 2.24) is 0 Å². The normalized spacial score (nSPS) is 13.0. The molecule has 0 aromatic rings. The SMILES string of the molecule is C#CC(C)F. The van der Waals surface area contributed by atoms with Crippen molar-refractivity contribution >= 4 is 0 Å². The maximum atomic E-state index is 11.2. The van der Waals surface area contributed by atoms with Crippen LogP contribution in [0.5, 0.6) is 0 Å². The van der Waals surface area contributed by atoms with Gasteiger partial charge in [-0.05, 0) is 6.92 Å². The van der Waals surface area contributed by atoms with Gasteiger partial charge in [-0.3, -0.25) is 0 Å². The summed E-state index contributed by atoms with van der Waals surface area (Å²) in [7, 11) is 0. The Morgan fingerprint density at radius 3 is 2.20 bits per heavy atom. The molecule has 0 saturated heterocycles. The van der Waals surface area contributed by atoms with Gasteiger partial charge in [0.2, 0.25) is 0 Å². The standard InChI is InChI=1S/C4H5F/c1-3-4(2)5/h1,4H,2H3. The lowest BCUT2D eigenvalue weighted by Gasteiger charge is -1.75. The molecule has 0 aliphatic heterocycles. The molecule has 1 unspecified atom stereocenters. The van der Waals surface area contributed by atoms with Gasteiger partial charge in [0.1, 0.15) is 0 Å². The Kier molecular flexibility index (Phi) is 1.60. The first-order valence-electron chi connectivity index (χ1n) is 1.37. The number of hydrogen-bond donors (Lipinski definition) is 0. The van der Waals surface area contributed by atoms with Gasteiger partial charge in [0, 0.05) is 0 Å². The smallest absolute Gasteiger partial charge is 0.157 e. The molecule has 1 heteroatoms. The lowest BCUT2D eigenvalue weighted by molar-refractivity contribution is 0.444. The Labute approximate surface area is 31.0 Å².